The maximum absolute atomic E-state index is 4.75. The number of aromatic nitrogens is 1. The highest BCUT2D eigenvalue weighted by atomic mass is 32.1. The van der Waals surface area contributed by atoms with E-state index in [1.807, 2.05) is 0 Å². The molecule has 0 spiro atoms. The lowest BCUT2D eigenvalue weighted by atomic mass is 9.94. The smallest absolute Gasteiger partial charge is 0.184 e. The van der Waals surface area contributed by atoms with Crippen LogP contribution in [0.3, 0.4) is 0 Å². The summed E-state index contributed by atoms with van der Waals surface area (Å²) >= 11 is 1.77. The lowest BCUT2D eigenvalue weighted by Gasteiger charge is -2.35. The number of rotatable bonds is 2. The molecule has 1 saturated heterocycles. The van der Waals surface area contributed by atoms with Gasteiger partial charge in [0.15, 0.2) is 5.13 Å². The molecule has 3 rings (SSSR count). The quantitative estimate of drug-likeness (QED) is 0.911. The van der Waals surface area contributed by atoms with Crippen molar-refractivity contribution in [2.75, 3.05) is 25.5 Å². The fraction of sp³-hybridized carbons (Fsp3) is 0.533. The summed E-state index contributed by atoms with van der Waals surface area (Å²) in [6, 6.07) is 6.95. The molecule has 0 aliphatic carbocycles. The van der Waals surface area contributed by atoms with Gasteiger partial charge in [-0.1, -0.05) is 30.4 Å². The van der Waals surface area contributed by atoms with Crippen molar-refractivity contribution in [2.45, 2.75) is 26.3 Å². The summed E-state index contributed by atoms with van der Waals surface area (Å²) in [4.78, 5) is 7.16. The molecule has 0 amide bonds. The predicted molar refractivity (Wildman–Crippen MR) is 83.0 cm³/mol. The van der Waals surface area contributed by atoms with Crippen molar-refractivity contribution in [3.63, 3.8) is 0 Å². The Balaban J connectivity index is 1.80. The van der Waals surface area contributed by atoms with Gasteiger partial charge in [-0.2, -0.15) is 0 Å². The number of aryl methyl sites for hydroxylation is 1. The van der Waals surface area contributed by atoms with Gasteiger partial charge in [0.2, 0.25) is 0 Å². The number of fused-ring (bicyclic) bond motifs is 1. The van der Waals surface area contributed by atoms with Crippen molar-refractivity contribution < 1.29 is 0 Å². The van der Waals surface area contributed by atoms with Gasteiger partial charge in [-0.3, -0.25) is 0 Å². The van der Waals surface area contributed by atoms with Gasteiger partial charge >= 0.3 is 0 Å². The van der Waals surface area contributed by atoms with Crippen molar-refractivity contribution in [1.82, 2.24) is 9.88 Å². The Labute approximate surface area is 118 Å². The lowest BCUT2D eigenvalue weighted by Crippen LogP contribution is -2.43. The Hall–Kier alpha value is -1.13. The highest BCUT2D eigenvalue weighted by Gasteiger charge is 2.24. The zero-order valence-corrected chi connectivity index (χ0v) is 12.6. The first-order valence-electron chi connectivity index (χ1n) is 6.95. The van der Waals surface area contributed by atoms with E-state index in [2.05, 4.69) is 49.3 Å². The number of anilines is 1. The number of likely N-dealkylation sites (tertiary alicyclic amines) is 1. The number of nitrogens with zero attached hydrogens (tertiary/aromatic N) is 2. The first-order valence-corrected chi connectivity index (χ1v) is 7.76. The van der Waals surface area contributed by atoms with Crippen LogP contribution < -0.4 is 5.32 Å². The van der Waals surface area contributed by atoms with Crippen LogP contribution in [0, 0.1) is 12.8 Å². The van der Waals surface area contributed by atoms with Crippen molar-refractivity contribution in [3.8, 4) is 0 Å². The number of benzene rings is 1. The zero-order valence-electron chi connectivity index (χ0n) is 11.8. The average Bonchev–Trinajstić information content (AvgIpc) is 2.77. The molecule has 1 aromatic heterocycles. The van der Waals surface area contributed by atoms with Gasteiger partial charge in [-0.05, 0) is 44.5 Å². The summed E-state index contributed by atoms with van der Waals surface area (Å²) in [5.41, 5.74) is 2.41. The molecule has 1 fully saturated rings. The fourth-order valence-corrected chi connectivity index (χ4v) is 3.88. The van der Waals surface area contributed by atoms with E-state index in [9.17, 15) is 0 Å². The SMILES string of the molecule is Cc1cccc2sc(NC3CCN(C)CC3C)nc12. The Morgan fingerprint density at radius 1 is 1.42 bits per heavy atom. The minimum Gasteiger partial charge on any atom is -0.358 e. The topological polar surface area (TPSA) is 28.2 Å². The Morgan fingerprint density at radius 2 is 2.26 bits per heavy atom. The average molecular weight is 275 g/mol. The maximum atomic E-state index is 4.75. The number of hydrogen-bond acceptors (Lipinski definition) is 4. The second kappa shape index (κ2) is 5.10. The Morgan fingerprint density at radius 3 is 3.00 bits per heavy atom. The van der Waals surface area contributed by atoms with Crippen molar-refractivity contribution in [3.05, 3.63) is 23.8 Å². The molecule has 4 heteroatoms. The van der Waals surface area contributed by atoms with E-state index in [1.54, 1.807) is 11.3 Å². The van der Waals surface area contributed by atoms with Crippen LogP contribution in [0.15, 0.2) is 18.2 Å². The van der Waals surface area contributed by atoms with Crippen LogP contribution in [-0.4, -0.2) is 36.1 Å². The van der Waals surface area contributed by atoms with E-state index in [4.69, 9.17) is 4.98 Å². The van der Waals surface area contributed by atoms with Crippen molar-refractivity contribution in [2.24, 2.45) is 5.92 Å². The van der Waals surface area contributed by atoms with Gasteiger partial charge in [-0.25, -0.2) is 4.98 Å². The number of nitrogens with one attached hydrogen (secondary N) is 1. The van der Waals surface area contributed by atoms with Gasteiger partial charge in [0.1, 0.15) is 0 Å². The second-order valence-electron chi connectivity index (χ2n) is 5.72. The second-order valence-corrected chi connectivity index (χ2v) is 6.75. The molecule has 2 unspecified atom stereocenters. The highest BCUT2D eigenvalue weighted by molar-refractivity contribution is 7.22. The molecule has 0 radical (unpaired) electrons. The normalized spacial score (nSPS) is 24.8. The zero-order chi connectivity index (χ0) is 13.4. The summed E-state index contributed by atoms with van der Waals surface area (Å²) in [7, 11) is 2.20. The van der Waals surface area contributed by atoms with Crippen molar-refractivity contribution in [1.29, 1.82) is 0 Å². The summed E-state index contributed by atoms with van der Waals surface area (Å²) in [5, 5.41) is 4.72. The molecule has 1 aromatic carbocycles. The summed E-state index contributed by atoms with van der Waals surface area (Å²) < 4.78 is 1.28. The van der Waals surface area contributed by atoms with Crippen LogP contribution >= 0.6 is 11.3 Å². The van der Waals surface area contributed by atoms with Gasteiger partial charge < -0.3 is 10.2 Å². The van der Waals surface area contributed by atoms with Crippen LogP contribution in [0.1, 0.15) is 18.9 Å². The van der Waals surface area contributed by atoms with E-state index in [0.717, 1.165) is 10.6 Å². The third kappa shape index (κ3) is 2.60. The summed E-state index contributed by atoms with van der Waals surface area (Å²) in [5.74, 6) is 0.673. The maximum Gasteiger partial charge on any atom is 0.184 e. The molecule has 1 aliphatic rings. The van der Waals surface area contributed by atoms with E-state index >= 15 is 0 Å². The summed E-state index contributed by atoms with van der Waals surface area (Å²) in [6.07, 6.45) is 1.20. The van der Waals surface area contributed by atoms with Gasteiger partial charge in [0.25, 0.3) is 0 Å². The first-order chi connectivity index (χ1) is 9.13. The molecule has 3 nitrogen and oxygen atoms in total. The monoisotopic (exact) mass is 275 g/mol. The number of hydrogen-bond donors (Lipinski definition) is 1. The molecule has 2 heterocycles. The molecule has 0 bridgehead atoms. The van der Waals surface area contributed by atoms with Gasteiger partial charge in [0, 0.05) is 12.6 Å². The van der Waals surface area contributed by atoms with Gasteiger partial charge in [-0.15, -0.1) is 0 Å². The lowest BCUT2D eigenvalue weighted by molar-refractivity contribution is 0.206. The van der Waals surface area contributed by atoms with Crippen LogP contribution in [0.2, 0.25) is 0 Å². The Bertz CT molecular complexity index is 578. The standard InChI is InChI=1S/C15H21N3S/c1-10-5-4-6-13-14(10)17-15(19-13)16-12-7-8-18(3)9-11(12)2/h4-6,11-12H,7-9H2,1-3H3,(H,16,17). The van der Waals surface area contributed by atoms with E-state index in [0.29, 0.717) is 12.0 Å². The van der Waals surface area contributed by atoms with Crippen molar-refractivity contribution >= 4 is 26.7 Å². The van der Waals surface area contributed by atoms with E-state index < -0.39 is 0 Å². The van der Waals surface area contributed by atoms with Crippen LogP contribution in [0.5, 0.6) is 0 Å². The fourth-order valence-electron chi connectivity index (χ4n) is 2.88. The largest absolute Gasteiger partial charge is 0.358 e. The minimum atomic E-state index is 0.553. The molecule has 19 heavy (non-hydrogen) atoms. The first kappa shape index (κ1) is 12.9. The van der Waals surface area contributed by atoms with Crippen LogP contribution in [-0.2, 0) is 0 Å². The third-order valence-electron chi connectivity index (χ3n) is 4.04. The molecule has 1 N–H and O–H groups in total. The van der Waals surface area contributed by atoms with Crippen LogP contribution in [0.25, 0.3) is 10.2 Å². The Kier molecular flexibility index (Phi) is 3.46. The molecule has 2 aromatic rings. The van der Waals surface area contributed by atoms with Crippen LogP contribution in [0.4, 0.5) is 5.13 Å². The molecular weight excluding hydrogens is 254 g/mol. The minimum absolute atomic E-state index is 0.553. The third-order valence-corrected chi connectivity index (χ3v) is 4.99. The molecule has 0 saturated carbocycles. The van der Waals surface area contributed by atoms with E-state index in [-0.39, 0.29) is 0 Å². The number of para-hydroxylation sites is 1. The number of thiazole rings is 1. The predicted octanol–water partition coefficient (Wildman–Crippen LogP) is 3.36. The van der Waals surface area contributed by atoms with E-state index in [1.165, 1.54) is 29.8 Å². The molecular formula is C15H21N3S. The molecule has 2 atom stereocenters. The summed E-state index contributed by atoms with van der Waals surface area (Å²) in [6.45, 7) is 6.80. The molecule has 102 valence electrons. The highest BCUT2D eigenvalue weighted by Crippen LogP contribution is 2.30. The van der Waals surface area contributed by atoms with Gasteiger partial charge in [0.05, 0.1) is 10.2 Å². The number of piperidine rings is 1. The molecule has 1 aliphatic heterocycles.